The van der Waals surface area contributed by atoms with Gasteiger partial charge < -0.3 is 5.11 Å². The van der Waals surface area contributed by atoms with Crippen molar-refractivity contribution >= 4 is 36.5 Å². The van der Waals surface area contributed by atoms with Gasteiger partial charge in [0.25, 0.3) is 0 Å². The van der Waals surface area contributed by atoms with E-state index >= 15 is 0 Å². The topological polar surface area (TPSA) is 57.6 Å². The van der Waals surface area contributed by atoms with Gasteiger partial charge in [0.15, 0.2) is 0 Å². The van der Waals surface area contributed by atoms with Gasteiger partial charge in [-0.1, -0.05) is 129 Å². The van der Waals surface area contributed by atoms with Crippen LogP contribution in [0.25, 0.3) is 0 Å². The lowest BCUT2D eigenvalue weighted by Gasteiger charge is -2.40. The monoisotopic (exact) mass is 565 g/mol. The number of hydrogen-bond donors (Lipinski definition) is 1. The molecule has 0 radical (unpaired) electrons. The second-order valence-electron chi connectivity index (χ2n) is 12.5. The predicted octanol–water partition coefficient (Wildman–Crippen LogP) is 5.35. The van der Waals surface area contributed by atoms with E-state index in [9.17, 15) is 13.5 Å². The van der Waals surface area contributed by atoms with Crippen LogP contribution in [0, 0.1) is 12.8 Å². The van der Waals surface area contributed by atoms with Crippen molar-refractivity contribution in [3.63, 3.8) is 0 Å². The molecule has 1 fully saturated rings. The lowest BCUT2D eigenvalue weighted by atomic mass is 10.00. The van der Waals surface area contributed by atoms with Crippen LogP contribution >= 0.6 is 0 Å². The van der Waals surface area contributed by atoms with Gasteiger partial charge >= 0.3 is 0 Å². The van der Waals surface area contributed by atoms with E-state index in [4.69, 9.17) is 0 Å². The van der Waals surface area contributed by atoms with E-state index in [1.807, 2.05) is 45.0 Å². The Morgan fingerprint density at radius 3 is 1.82 bits per heavy atom. The number of rotatable bonds is 8. The molecule has 1 heterocycles. The molecule has 1 saturated heterocycles. The van der Waals surface area contributed by atoms with Crippen LogP contribution in [0.4, 0.5) is 0 Å². The largest absolute Gasteiger partial charge is 0.391 e. The molecule has 0 aliphatic carbocycles. The summed E-state index contributed by atoms with van der Waals surface area (Å²) in [6.45, 7) is 15.3. The minimum atomic E-state index is -3.84. The highest BCUT2D eigenvalue weighted by atomic mass is 32.2. The number of aryl methyl sites for hydroxylation is 1. The van der Waals surface area contributed by atoms with Crippen LogP contribution in [0.3, 0.4) is 0 Å². The third-order valence-electron chi connectivity index (χ3n) is 8.66. The molecule has 3 aromatic carbocycles. The van der Waals surface area contributed by atoms with E-state index in [1.54, 1.807) is 16.4 Å². The number of sulfonamides is 1. The fourth-order valence-electron chi connectivity index (χ4n) is 6.54. The molecule has 1 aliphatic rings. The third kappa shape index (κ3) is 5.36. The van der Waals surface area contributed by atoms with Gasteiger partial charge in [0, 0.05) is 11.6 Å². The van der Waals surface area contributed by atoms with Gasteiger partial charge in [0.1, 0.15) is 0 Å². The average molecular weight is 566 g/mol. The number of aliphatic hydroxyl groups excluding tert-OH is 1. The van der Waals surface area contributed by atoms with E-state index in [1.165, 1.54) is 10.4 Å². The Morgan fingerprint density at radius 2 is 1.32 bits per heavy atom. The first-order valence-corrected chi connectivity index (χ1v) is 21.4. The predicted molar refractivity (Wildman–Crippen MR) is 164 cm³/mol. The molecule has 0 bridgehead atoms. The lowest BCUT2D eigenvalue weighted by molar-refractivity contribution is 0.115. The molecule has 4 atom stereocenters. The summed E-state index contributed by atoms with van der Waals surface area (Å²) in [5.41, 5.74) is 0.892. The Bertz CT molecular complexity index is 1330. The van der Waals surface area contributed by atoms with Gasteiger partial charge in [-0.15, -0.1) is 0 Å². The maximum absolute atomic E-state index is 14.5. The molecule has 38 heavy (non-hydrogen) atoms. The van der Waals surface area contributed by atoms with Crippen LogP contribution in [-0.2, 0) is 10.0 Å². The Morgan fingerprint density at radius 1 is 0.816 bits per heavy atom. The summed E-state index contributed by atoms with van der Waals surface area (Å²) < 4.78 is 30.7. The molecule has 1 N–H and O–H groups in total. The van der Waals surface area contributed by atoms with E-state index in [2.05, 4.69) is 74.7 Å². The fraction of sp³-hybridized carbons (Fsp3) is 0.419. The Hall–Kier alpha value is -2.04. The number of aliphatic hydroxyl groups is 1. The van der Waals surface area contributed by atoms with E-state index in [0.29, 0.717) is 4.90 Å². The van der Waals surface area contributed by atoms with Crippen molar-refractivity contribution in [2.45, 2.75) is 81.6 Å². The first-order chi connectivity index (χ1) is 17.8. The van der Waals surface area contributed by atoms with Crippen LogP contribution in [0.2, 0.25) is 37.8 Å². The highest BCUT2D eigenvalue weighted by Crippen LogP contribution is 2.49. The minimum absolute atomic E-state index is 0.0280. The van der Waals surface area contributed by atoms with Crippen molar-refractivity contribution in [2.75, 3.05) is 0 Å². The van der Waals surface area contributed by atoms with Crippen LogP contribution in [0.1, 0.15) is 19.4 Å². The second kappa shape index (κ2) is 10.9. The molecule has 0 unspecified atom stereocenters. The molecule has 0 saturated carbocycles. The Balaban J connectivity index is 1.92. The maximum atomic E-state index is 14.5. The maximum Gasteiger partial charge on any atom is 0.243 e. The Labute approximate surface area is 231 Å². The van der Waals surface area contributed by atoms with Crippen molar-refractivity contribution in [3.05, 3.63) is 90.5 Å². The summed E-state index contributed by atoms with van der Waals surface area (Å²) in [5, 5.41) is 14.7. The molecule has 0 amide bonds. The van der Waals surface area contributed by atoms with Crippen molar-refractivity contribution in [1.29, 1.82) is 0 Å². The van der Waals surface area contributed by atoms with Crippen molar-refractivity contribution in [1.82, 2.24) is 4.31 Å². The minimum Gasteiger partial charge on any atom is -0.391 e. The van der Waals surface area contributed by atoms with Crippen LogP contribution < -0.4 is 10.4 Å². The SMILES string of the molecule is Cc1ccc(S(=O)(=O)N2[C@H](C(C)C)[C@H](O)[C@@H]([Si](C)(C)c3ccccc3)[C@@H]2C[Si](C)(C)c2ccccc2)cc1. The second-order valence-corrected chi connectivity index (χ2v) is 23.8. The van der Waals surface area contributed by atoms with Crippen LogP contribution in [-0.4, -0.2) is 52.2 Å². The number of benzene rings is 3. The van der Waals surface area contributed by atoms with Crippen LogP contribution in [0.15, 0.2) is 89.8 Å². The molecule has 4 rings (SSSR count). The normalized spacial score (nSPS) is 23.2. The lowest BCUT2D eigenvalue weighted by Crippen LogP contribution is -2.56. The summed E-state index contributed by atoms with van der Waals surface area (Å²) >= 11 is 0. The zero-order valence-corrected chi connectivity index (χ0v) is 26.6. The molecular formula is C31H43NO3SSi2. The first kappa shape index (κ1) is 29.0. The molecule has 204 valence electrons. The molecule has 3 aromatic rings. The summed E-state index contributed by atoms with van der Waals surface area (Å²) in [7, 11) is -8.25. The zero-order valence-electron chi connectivity index (χ0n) is 23.8. The molecule has 0 aromatic heterocycles. The summed E-state index contributed by atoms with van der Waals surface area (Å²) in [6.07, 6.45) is -0.734. The van der Waals surface area contributed by atoms with Crippen LogP contribution in [0.5, 0.6) is 0 Å². The summed E-state index contributed by atoms with van der Waals surface area (Å²) in [4.78, 5) is 0.310. The molecule has 7 heteroatoms. The summed E-state index contributed by atoms with van der Waals surface area (Å²) in [6, 6.07) is 28.2. The Kier molecular flexibility index (Phi) is 8.27. The molecular weight excluding hydrogens is 523 g/mol. The summed E-state index contributed by atoms with van der Waals surface area (Å²) in [5.74, 6) is -0.0280. The highest BCUT2D eigenvalue weighted by molar-refractivity contribution is 7.89. The smallest absolute Gasteiger partial charge is 0.243 e. The van der Waals surface area contributed by atoms with Gasteiger partial charge in [0.05, 0.1) is 33.2 Å². The van der Waals surface area contributed by atoms with E-state index in [-0.39, 0.29) is 17.5 Å². The fourth-order valence-corrected chi connectivity index (χ4v) is 15.5. The standard InChI is InChI=1S/C31H43NO3SSi2/c1-23(2)29-30(33)31(38(6,7)27-16-12-9-13-17-27)28(22-37(4,5)26-14-10-8-11-15-26)32(29)36(34,35)25-20-18-24(3)19-21-25/h8-21,23,28-31,33H,22H2,1-7H3/t28-,29+,30-,31-/m0/s1. The van der Waals surface area contributed by atoms with Gasteiger partial charge in [-0.05, 0) is 31.0 Å². The van der Waals surface area contributed by atoms with Gasteiger partial charge in [0.2, 0.25) is 10.0 Å². The van der Waals surface area contributed by atoms with Crippen molar-refractivity contribution in [2.24, 2.45) is 5.92 Å². The van der Waals surface area contributed by atoms with Gasteiger partial charge in [-0.2, -0.15) is 4.31 Å². The van der Waals surface area contributed by atoms with Crippen molar-refractivity contribution < 1.29 is 13.5 Å². The molecule has 1 aliphatic heterocycles. The van der Waals surface area contributed by atoms with E-state index in [0.717, 1.165) is 11.6 Å². The molecule has 4 nitrogen and oxygen atoms in total. The van der Waals surface area contributed by atoms with Gasteiger partial charge in [-0.25, -0.2) is 8.42 Å². The van der Waals surface area contributed by atoms with E-state index < -0.39 is 38.3 Å². The first-order valence-electron chi connectivity index (χ1n) is 13.7. The molecule has 0 spiro atoms. The number of nitrogens with zero attached hydrogens (tertiary/aromatic N) is 1. The third-order valence-corrected chi connectivity index (χ3v) is 18.1. The quantitative estimate of drug-likeness (QED) is 0.375. The number of hydrogen-bond acceptors (Lipinski definition) is 3. The van der Waals surface area contributed by atoms with Gasteiger partial charge in [-0.3, -0.25) is 0 Å². The highest BCUT2D eigenvalue weighted by Gasteiger charge is 2.60. The zero-order chi connectivity index (χ0) is 27.9. The van der Waals surface area contributed by atoms with Crippen molar-refractivity contribution in [3.8, 4) is 0 Å². The average Bonchev–Trinajstić information content (AvgIpc) is 3.18.